The molecule has 0 aliphatic carbocycles. The number of hydrogen-bond acceptors (Lipinski definition) is 7. The molecular formula is C25H30N2O4S2. The summed E-state index contributed by atoms with van der Waals surface area (Å²) in [6.07, 6.45) is 3.36. The van der Waals surface area contributed by atoms with E-state index in [0.29, 0.717) is 19.6 Å². The molecule has 1 saturated heterocycles. The molecular weight excluding hydrogens is 456 g/mol. The zero-order chi connectivity index (χ0) is 23.0. The van der Waals surface area contributed by atoms with Crippen LogP contribution in [0, 0.1) is 0 Å². The highest BCUT2D eigenvalue weighted by atomic mass is 32.2. The highest BCUT2D eigenvalue weighted by molar-refractivity contribution is 7.99. The van der Waals surface area contributed by atoms with Crippen molar-refractivity contribution in [2.24, 2.45) is 0 Å². The third kappa shape index (κ3) is 6.19. The smallest absolute Gasteiger partial charge is 0.228 e. The Labute approximate surface area is 203 Å². The summed E-state index contributed by atoms with van der Waals surface area (Å²) in [6.45, 7) is 3.85. The number of thiazole rings is 1. The lowest BCUT2D eigenvalue weighted by Crippen LogP contribution is -2.37. The van der Waals surface area contributed by atoms with Crippen LogP contribution in [0.15, 0.2) is 47.4 Å². The van der Waals surface area contributed by atoms with E-state index in [4.69, 9.17) is 19.2 Å². The number of methoxy groups -OCH3 is 1. The second-order valence-corrected chi connectivity index (χ2v) is 9.98. The lowest BCUT2D eigenvalue weighted by atomic mass is 10.2. The molecule has 1 aromatic heterocycles. The summed E-state index contributed by atoms with van der Waals surface area (Å²) in [5, 5.41) is 0.723. The Balaban J connectivity index is 1.42. The molecule has 2 heterocycles. The molecule has 33 heavy (non-hydrogen) atoms. The van der Waals surface area contributed by atoms with E-state index in [2.05, 4.69) is 0 Å². The van der Waals surface area contributed by atoms with E-state index in [1.165, 1.54) is 16.2 Å². The molecule has 1 unspecified atom stereocenters. The first-order chi connectivity index (χ1) is 16.2. The Morgan fingerprint density at radius 1 is 1.27 bits per heavy atom. The minimum Gasteiger partial charge on any atom is -0.497 e. The molecule has 176 valence electrons. The zero-order valence-corrected chi connectivity index (χ0v) is 20.8. The van der Waals surface area contributed by atoms with Crippen molar-refractivity contribution >= 4 is 44.4 Å². The van der Waals surface area contributed by atoms with Gasteiger partial charge in [0.25, 0.3) is 0 Å². The lowest BCUT2D eigenvalue weighted by molar-refractivity contribution is -0.119. The third-order valence-electron chi connectivity index (χ3n) is 5.48. The van der Waals surface area contributed by atoms with Crippen LogP contribution in [-0.2, 0) is 9.53 Å². The Morgan fingerprint density at radius 2 is 2.12 bits per heavy atom. The van der Waals surface area contributed by atoms with Gasteiger partial charge in [-0.1, -0.05) is 17.4 Å². The summed E-state index contributed by atoms with van der Waals surface area (Å²) in [5.74, 6) is 2.58. The summed E-state index contributed by atoms with van der Waals surface area (Å²) in [4.78, 5) is 21.1. The van der Waals surface area contributed by atoms with Crippen molar-refractivity contribution in [3.05, 3.63) is 42.5 Å². The van der Waals surface area contributed by atoms with Crippen molar-refractivity contribution in [1.29, 1.82) is 0 Å². The average Bonchev–Trinajstić information content (AvgIpc) is 3.51. The highest BCUT2D eigenvalue weighted by Crippen LogP contribution is 2.35. The molecule has 1 aliphatic heterocycles. The van der Waals surface area contributed by atoms with Crippen LogP contribution in [0.5, 0.6) is 11.5 Å². The maximum Gasteiger partial charge on any atom is 0.228 e. The number of para-hydroxylation sites is 1. The summed E-state index contributed by atoms with van der Waals surface area (Å²) >= 11 is 3.29. The summed E-state index contributed by atoms with van der Waals surface area (Å²) in [7, 11) is 1.67. The van der Waals surface area contributed by atoms with E-state index in [9.17, 15) is 4.79 Å². The standard InChI is InChI=1S/C25H30N2O4S2/c1-3-30-21-8-4-9-22-24(21)26-25(33-22)27(17-19-7-5-15-31-19)23(28)10-6-16-32-20-13-11-18(29-2)12-14-20/h4,8-9,11-14,19H,3,5-7,10,15-17H2,1-2H3. The van der Waals surface area contributed by atoms with E-state index in [-0.39, 0.29) is 12.0 Å². The van der Waals surface area contributed by atoms with Gasteiger partial charge in [-0.25, -0.2) is 4.98 Å². The summed E-state index contributed by atoms with van der Waals surface area (Å²) in [6, 6.07) is 13.9. The van der Waals surface area contributed by atoms with Crippen molar-refractivity contribution in [3.8, 4) is 11.5 Å². The molecule has 0 N–H and O–H groups in total. The molecule has 8 heteroatoms. The molecule has 2 aromatic carbocycles. The predicted molar refractivity (Wildman–Crippen MR) is 135 cm³/mol. The van der Waals surface area contributed by atoms with E-state index in [1.54, 1.807) is 18.9 Å². The topological polar surface area (TPSA) is 60.9 Å². The minimum atomic E-state index is 0.0704. The summed E-state index contributed by atoms with van der Waals surface area (Å²) < 4.78 is 17.8. The zero-order valence-electron chi connectivity index (χ0n) is 19.1. The van der Waals surface area contributed by atoms with Crippen molar-refractivity contribution < 1.29 is 19.0 Å². The molecule has 1 atom stereocenters. The van der Waals surface area contributed by atoms with Crippen molar-refractivity contribution in [2.75, 3.05) is 37.5 Å². The van der Waals surface area contributed by atoms with Crippen LogP contribution in [0.1, 0.15) is 32.6 Å². The van der Waals surface area contributed by atoms with Gasteiger partial charge < -0.3 is 14.2 Å². The maximum atomic E-state index is 13.3. The molecule has 0 bridgehead atoms. The number of carbonyl (C=O) groups is 1. The van der Waals surface area contributed by atoms with Crippen LogP contribution in [0.2, 0.25) is 0 Å². The Bertz CT molecular complexity index is 1050. The van der Waals surface area contributed by atoms with Gasteiger partial charge in [0.2, 0.25) is 5.91 Å². The number of ether oxygens (including phenoxy) is 3. The number of nitrogens with zero attached hydrogens (tertiary/aromatic N) is 2. The largest absolute Gasteiger partial charge is 0.497 e. The van der Waals surface area contributed by atoms with Gasteiger partial charge in [-0.2, -0.15) is 0 Å². The Kier molecular flexibility index (Phi) is 8.47. The quantitative estimate of drug-likeness (QED) is 0.253. The van der Waals surface area contributed by atoms with Crippen LogP contribution in [0.4, 0.5) is 5.13 Å². The molecule has 1 aliphatic rings. The van der Waals surface area contributed by atoms with Gasteiger partial charge in [0, 0.05) is 17.9 Å². The van der Waals surface area contributed by atoms with E-state index in [1.807, 2.05) is 54.3 Å². The number of thioether (sulfide) groups is 1. The van der Waals surface area contributed by atoms with Gasteiger partial charge in [0.1, 0.15) is 17.0 Å². The van der Waals surface area contributed by atoms with Crippen molar-refractivity contribution in [1.82, 2.24) is 4.98 Å². The van der Waals surface area contributed by atoms with E-state index < -0.39 is 0 Å². The van der Waals surface area contributed by atoms with Gasteiger partial charge in [0.15, 0.2) is 5.13 Å². The molecule has 0 spiro atoms. The van der Waals surface area contributed by atoms with Crippen LogP contribution in [0.3, 0.4) is 0 Å². The number of rotatable bonds is 11. The van der Waals surface area contributed by atoms with Crippen molar-refractivity contribution in [3.63, 3.8) is 0 Å². The number of benzene rings is 2. The van der Waals surface area contributed by atoms with Gasteiger partial charge in [-0.3, -0.25) is 9.69 Å². The Hall–Kier alpha value is -2.29. The van der Waals surface area contributed by atoms with Crippen LogP contribution in [0.25, 0.3) is 10.2 Å². The first-order valence-electron chi connectivity index (χ1n) is 11.4. The third-order valence-corrected chi connectivity index (χ3v) is 7.62. The molecule has 1 fully saturated rings. The number of amides is 1. The van der Waals surface area contributed by atoms with Crippen LogP contribution >= 0.6 is 23.1 Å². The number of aromatic nitrogens is 1. The van der Waals surface area contributed by atoms with Crippen LogP contribution < -0.4 is 14.4 Å². The predicted octanol–water partition coefficient (Wildman–Crippen LogP) is 5.79. The Morgan fingerprint density at radius 3 is 2.85 bits per heavy atom. The van der Waals surface area contributed by atoms with Crippen molar-refractivity contribution in [2.45, 2.75) is 43.6 Å². The lowest BCUT2D eigenvalue weighted by Gasteiger charge is -2.23. The number of hydrogen-bond donors (Lipinski definition) is 0. The van der Waals surface area contributed by atoms with Crippen LogP contribution in [-0.4, -0.2) is 49.6 Å². The minimum absolute atomic E-state index is 0.0704. The van der Waals surface area contributed by atoms with Gasteiger partial charge in [-0.15, -0.1) is 11.8 Å². The molecule has 4 rings (SSSR count). The average molecular weight is 487 g/mol. The van der Waals surface area contributed by atoms with E-state index in [0.717, 1.165) is 58.5 Å². The monoisotopic (exact) mass is 486 g/mol. The number of anilines is 1. The number of fused-ring (bicyclic) bond motifs is 1. The highest BCUT2D eigenvalue weighted by Gasteiger charge is 2.26. The fourth-order valence-electron chi connectivity index (χ4n) is 3.80. The second kappa shape index (κ2) is 11.7. The molecule has 6 nitrogen and oxygen atoms in total. The molecule has 0 saturated carbocycles. The molecule has 1 amide bonds. The molecule has 0 radical (unpaired) electrons. The SMILES string of the molecule is CCOc1cccc2sc(N(CC3CCCO3)C(=O)CCCSc3ccc(OC)cc3)nc12. The normalized spacial score (nSPS) is 15.6. The second-order valence-electron chi connectivity index (χ2n) is 7.80. The first-order valence-corrected chi connectivity index (χ1v) is 13.2. The summed E-state index contributed by atoms with van der Waals surface area (Å²) in [5.41, 5.74) is 0.819. The fraction of sp³-hybridized carbons (Fsp3) is 0.440. The van der Waals surface area contributed by atoms with Gasteiger partial charge in [0.05, 0.1) is 31.1 Å². The van der Waals surface area contributed by atoms with E-state index >= 15 is 0 Å². The van der Waals surface area contributed by atoms with Gasteiger partial charge >= 0.3 is 0 Å². The number of carbonyl (C=O) groups excluding carboxylic acids is 1. The fourth-order valence-corrected chi connectivity index (χ4v) is 5.66. The maximum absolute atomic E-state index is 13.3. The van der Waals surface area contributed by atoms with Gasteiger partial charge in [-0.05, 0) is 68.3 Å². The molecule has 3 aromatic rings. The first kappa shape index (κ1) is 23.9.